The zero-order valence-electron chi connectivity index (χ0n) is 14.2. The Labute approximate surface area is 147 Å². The average Bonchev–Trinajstić information content (AvgIpc) is 2.95. The molecule has 24 heavy (non-hydrogen) atoms. The van der Waals surface area contributed by atoms with Crippen LogP contribution in [0.5, 0.6) is 5.75 Å². The lowest BCUT2D eigenvalue weighted by atomic mass is 10.1. The van der Waals surface area contributed by atoms with Crippen molar-refractivity contribution in [2.45, 2.75) is 19.3 Å². The highest BCUT2D eigenvalue weighted by Gasteiger charge is 2.13. The minimum atomic E-state index is 0.661. The third-order valence-corrected chi connectivity index (χ3v) is 5.21. The number of benzene rings is 1. The summed E-state index contributed by atoms with van der Waals surface area (Å²) in [5.74, 6) is 0.888. The third-order valence-electron chi connectivity index (χ3n) is 4.29. The number of nitrogens with two attached hydrogens (primary N) is 1. The summed E-state index contributed by atoms with van der Waals surface area (Å²) in [7, 11) is 1.70. The molecule has 1 aromatic heterocycles. The lowest BCUT2D eigenvalue weighted by Gasteiger charge is -2.26. The fourth-order valence-electron chi connectivity index (χ4n) is 3.00. The van der Waals surface area contributed by atoms with E-state index < -0.39 is 0 Å². The monoisotopic (exact) mass is 347 g/mol. The summed E-state index contributed by atoms with van der Waals surface area (Å²) in [5, 5.41) is 0.661. The van der Waals surface area contributed by atoms with Crippen LogP contribution in [0.25, 0.3) is 0 Å². The molecule has 1 aromatic carbocycles. The summed E-state index contributed by atoms with van der Waals surface area (Å²) in [4.78, 5) is 8.28. The highest BCUT2D eigenvalue weighted by atomic mass is 32.1. The second-order valence-electron chi connectivity index (χ2n) is 6.01. The van der Waals surface area contributed by atoms with Crippen LogP contribution >= 0.6 is 11.3 Å². The first-order valence-corrected chi connectivity index (χ1v) is 9.23. The van der Waals surface area contributed by atoms with E-state index in [2.05, 4.69) is 22.0 Å². The molecule has 0 unspecified atom stereocenters. The van der Waals surface area contributed by atoms with Crippen LogP contribution in [-0.2, 0) is 17.6 Å². The van der Waals surface area contributed by atoms with Crippen molar-refractivity contribution in [1.82, 2.24) is 9.88 Å². The molecule has 5 nitrogen and oxygen atoms in total. The molecule has 3 rings (SSSR count). The molecule has 0 aliphatic carbocycles. The molecule has 1 aliphatic heterocycles. The molecule has 2 aromatic rings. The molecule has 0 radical (unpaired) electrons. The molecule has 0 bridgehead atoms. The van der Waals surface area contributed by atoms with Gasteiger partial charge in [0, 0.05) is 24.4 Å². The van der Waals surface area contributed by atoms with Crippen LogP contribution in [0.4, 0.5) is 5.13 Å². The number of ether oxygens (including phenoxy) is 2. The number of thiazole rings is 1. The van der Waals surface area contributed by atoms with Crippen LogP contribution < -0.4 is 10.5 Å². The Kier molecular flexibility index (Phi) is 6.07. The first-order chi connectivity index (χ1) is 11.7. The van der Waals surface area contributed by atoms with Crippen LogP contribution in [0.15, 0.2) is 24.3 Å². The number of anilines is 1. The predicted octanol–water partition coefficient (Wildman–Crippen LogP) is 2.59. The van der Waals surface area contributed by atoms with Crippen LogP contribution in [0.1, 0.15) is 22.6 Å². The van der Waals surface area contributed by atoms with E-state index in [1.807, 2.05) is 12.1 Å². The Hall–Kier alpha value is -1.63. The van der Waals surface area contributed by atoms with Crippen molar-refractivity contribution in [3.63, 3.8) is 0 Å². The first kappa shape index (κ1) is 17.2. The van der Waals surface area contributed by atoms with Gasteiger partial charge in [0.05, 0.1) is 26.0 Å². The largest absolute Gasteiger partial charge is 0.497 e. The van der Waals surface area contributed by atoms with Gasteiger partial charge in [-0.1, -0.05) is 12.1 Å². The Bertz CT molecular complexity index is 653. The van der Waals surface area contributed by atoms with Crippen molar-refractivity contribution in [1.29, 1.82) is 0 Å². The summed E-state index contributed by atoms with van der Waals surface area (Å²) in [6.07, 6.45) is 2.94. The molecule has 2 heterocycles. The first-order valence-electron chi connectivity index (χ1n) is 8.41. The van der Waals surface area contributed by atoms with Gasteiger partial charge in [-0.15, -0.1) is 11.3 Å². The van der Waals surface area contributed by atoms with Crippen LogP contribution in [0, 0.1) is 0 Å². The average molecular weight is 347 g/mol. The maximum absolute atomic E-state index is 5.96. The van der Waals surface area contributed by atoms with Crippen molar-refractivity contribution in [2.75, 3.05) is 45.7 Å². The Morgan fingerprint density at radius 3 is 2.96 bits per heavy atom. The van der Waals surface area contributed by atoms with E-state index in [1.165, 1.54) is 10.4 Å². The fourth-order valence-corrected chi connectivity index (χ4v) is 3.91. The van der Waals surface area contributed by atoms with Gasteiger partial charge in [-0.3, -0.25) is 4.90 Å². The normalized spacial score (nSPS) is 15.5. The number of nitrogen functional groups attached to an aromatic ring is 1. The molecule has 2 N–H and O–H groups in total. The second kappa shape index (κ2) is 8.46. The van der Waals surface area contributed by atoms with E-state index in [0.717, 1.165) is 63.6 Å². The molecule has 0 atom stereocenters. The number of morpholine rings is 1. The van der Waals surface area contributed by atoms with E-state index >= 15 is 0 Å². The maximum atomic E-state index is 5.96. The van der Waals surface area contributed by atoms with Gasteiger partial charge in [0.25, 0.3) is 0 Å². The SMILES string of the molecule is COc1cccc(Cc2sc(N)nc2CCCN2CCOCC2)c1. The van der Waals surface area contributed by atoms with E-state index in [4.69, 9.17) is 15.2 Å². The second-order valence-corrected chi connectivity index (χ2v) is 7.12. The van der Waals surface area contributed by atoms with Crippen LogP contribution in [0.3, 0.4) is 0 Å². The predicted molar refractivity (Wildman–Crippen MR) is 97.9 cm³/mol. The van der Waals surface area contributed by atoms with Crippen molar-refractivity contribution in [3.8, 4) is 5.75 Å². The zero-order valence-corrected chi connectivity index (χ0v) is 15.0. The molecule has 1 saturated heterocycles. The van der Waals surface area contributed by atoms with Gasteiger partial charge in [0.1, 0.15) is 5.75 Å². The zero-order chi connectivity index (χ0) is 16.8. The molecule has 0 spiro atoms. The Morgan fingerprint density at radius 1 is 1.33 bits per heavy atom. The van der Waals surface area contributed by atoms with E-state index in [-0.39, 0.29) is 0 Å². The van der Waals surface area contributed by atoms with Gasteiger partial charge >= 0.3 is 0 Å². The molecule has 130 valence electrons. The number of nitrogens with zero attached hydrogens (tertiary/aromatic N) is 2. The number of aryl methyl sites for hydroxylation is 1. The molecule has 1 fully saturated rings. The topological polar surface area (TPSA) is 60.6 Å². The summed E-state index contributed by atoms with van der Waals surface area (Å²) in [6.45, 7) is 4.88. The molecular formula is C18H25N3O2S. The van der Waals surface area contributed by atoms with Gasteiger partial charge in [0.2, 0.25) is 0 Å². The summed E-state index contributed by atoms with van der Waals surface area (Å²) in [6, 6.07) is 8.19. The van der Waals surface area contributed by atoms with Gasteiger partial charge in [0.15, 0.2) is 5.13 Å². The molecule has 6 heteroatoms. The van der Waals surface area contributed by atoms with Crippen LogP contribution in [-0.4, -0.2) is 49.8 Å². The van der Waals surface area contributed by atoms with Crippen LogP contribution in [0.2, 0.25) is 0 Å². The number of hydrogen-bond acceptors (Lipinski definition) is 6. The Balaban J connectivity index is 1.59. The van der Waals surface area contributed by atoms with Crippen molar-refractivity contribution >= 4 is 16.5 Å². The number of hydrogen-bond donors (Lipinski definition) is 1. The molecule has 1 aliphatic rings. The van der Waals surface area contributed by atoms with E-state index in [0.29, 0.717) is 5.13 Å². The summed E-state index contributed by atoms with van der Waals surface area (Å²) in [5.41, 5.74) is 8.34. The fraction of sp³-hybridized carbons (Fsp3) is 0.500. The third kappa shape index (κ3) is 4.69. The molecule has 0 amide bonds. The minimum Gasteiger partial charge on any atom is -0.497 e. The summed E-state index contributed by atoms with van der Waals surface area (Å²) >= 11 is 1.60. The Morgan fingerprint density at radius 2 is 2.17 bits per heavy atom. The smallest absolute Gasteiger partial charge is 0.180 e. The van der Waals surface area contributed by atoms with Gasteiger partial charge in [-0.25, -0.2) is 4.98 Å². The quantitative estimate of drug-likeness (QED) is 0.834. The lowest BCUT2D eigenvalue weighted by molar-refractivity contribution is 0.0374. The number of aromatic nitrogens is 1. The van der Waals surface area contributed by atoms with Gasteiger partial charge < -0.3 is 15.2 Å². The minimum absolute atomic E-state index is 0.661. The van der Waals surface area contributed by atoms with Crippen molar-refractivity contribution < 1.29 is 9.47 Å². The van der Waals surface area contributed by atoms with Crippen molar-refractivity contribution in [3.05, 3.63) is 40.4 Å². The number of rotatable bonds is 7. The molecular weight excluding hydrogens is 322 g/mol. The van der Waals surface area contributed by atoms with Gasteiger partial charge in [-0.2, -0.15) is 0 Å². The summed E-state index contributed by atoms with van der Waals surface area (Å²) < 4.78 is 10.7. The van der Waals surface area contributed by atoms with E-state index in [9.17, 15) is 0 Å². The molecule has 0 saturated carbocycles. The maximum Gasteiger partial charge on any atom is 0.180 e. The standard InChI is InChI=1S/C18H25N3O2S/c1-22-15-5-2-4-14(12-15)13-17-16(20-18(19)24-17)6-3-7-21-8-10-23-11-9-21/h2,4-5,12H,3,6-11,13H2,1H3,(H2,19,20). The van der Waals surface area contributed by atoms with Gasteiger partial charge in [-0.05, 0) is 37.1 Å². The van der Waals surface area contributed by atoms with E-state index in [1.54, 1.807) is 18.4 Å². The van der Waals surface area contributed by atoms with Crippen molar-refractivity contribution in [2.24, 2.45) is 0 Å². The lowest BCUT2D eigenvalue weighted by Crippen LogP contribution is -2.36. The number of methoxy groups -OCH3 is 1. The highest BCUT2D eigenvalue weighted by molar-refractivity contribution is 7.15. The highest BCUT2D eigenvalue weighted by Crippen LogP contribution is 2.26.